The maximum atomic E-state index is 10.3. The molecule has 3 rings (SSSR count). The molecule has 0 bridgehead atoms. The zero-order chi connectivity index (χ0) is 30.2. The molecular weight excluding hydrogens is 538 g/mol. The number of aromatic nitrogens is 2. The van der Waals surface area contributed by atoms with Crippen molar-refractivity contribution < 1.29 is 39.9 Å². The Hall–Kier alpha value is -3.58. The van der Waals surface area contributed by atoms with E-state index in [4.69, 9.17) is 20.4 Å². The van der Waals surface area contributed by atoms with E-state index in [2.05, 4.69) is 72.5 Å². The van der Waals surface area contributed by atoms with Crippen LogP contribution in [-0.4, -0.2) is 76.1 Å². The summed E-state index contributed by atoms with van der Waals surface area (Å²) in [6.45, 7) is 12.6. The summed E-state index contributed by atoms with van der Waals surface area (Å²) >= 11 is 1.83. The van der Waals surface area contributed by atoms with Crippen molar-refractivity contribution in [3.05, 3.63) is 68.8 Å². The molecule has 0 aromatic carbocycles. The number of hydrogen-bond acceptors (Lipinski definition) is 8. The largest absolute Gasteiger partial charge is 0.481 e. The number of hydrogen-bond donors (Lipinski definition) is 5. The van der Waals surface area contributed by atoms with Gasteiger partial charge in [-0.25, -0.2) is 9.78 Å². The molecule has 11 nitrogen and oxygen atoms in total. The number of carboxylic acids is 3. The van der Waals surface area contributed by atoms with Crippen LogP contribution in [0, 0.1) is 27.7 Å². The molecule has 0 aliphatic carbocycles. The highest BCUT2D eigenvalue weighted by atomic mass is 32.1. The number of aliphatic hydroxyl groups is 2. The van der Waals surface area contributed by atoms with Crippen molar-refractivity contribution in [1.82, 2.24) is 14.5 Å². The minimum Gasteiger partial charge on any atom is -0.481 e. The first kappa shape index (κ1) is 32.6. The molecule has 0 saturated heterocycles. The van der Waals surface area contributed by atoms with Gasteiger partial charge in [0.15, 0.2) is 5.60 Å². The fraction of sp³-hybridized carbons (Fsp3) is 0.429. The van der Waals surface area contributed by atoms with E-state index in [0.29, 0.717) is 6.54 Å². The summed E-state index contributed by atoms with van der Waals surface area (Å²) in [6, 6.07) is 10.8. The molecule has 0 aliphatic heterocycles. The Morgan fingerprint density at radius 3 is 2.08 bits per heavy atom. The van der Waals surface area contributed by atoms with Gasteiger partial charge in [0.2, 0.25) is 0 Å². The molecule has 3 aromatic rings. The molecular formula is C28H37N3O8S. The van der Waals surface area contributed by atoms with Crippen LogP contribution in [0.2, 0.25) is 0 Å². The van der Waals surface area contributed by atoms with E-state index in [9.17, 15) is 19.5 Å². The van der Waals surface area contributed by atoms with Crippen LogP contribution in [0.15, 0.2) is 36.5 Å². The van der Waals surface area contributed by atoms with Crippen LogP contribution >= 0.6 is 11.3 Å². The summed E-state index contributed by atoms with van der Waals surface area (Å²) < 4.78 is 2.21. The second kappa shape index (κ2) is 14.2. The van der Waals surface area contributed by atoms with E-state index < -0.39 is 36.4 Å². The Bertz CT molecular complexity index is 1300. The van der Waals surface area contributed by atoms with E-state index in [-0.39, 0.29) is 6.10 Å². The normalized spacial score (nSPS) is 12.1. The van der Waals surface area contributed by atoms with Gasteiger partial charge in [0, 0.05) is 47.0 Å². The first-order chi connectivity index (χ1) is 18.6. The zero-order valence-electron chi connectivity index (χ0n) is 23.3. The minimum atomic E-state index is -2.74. The van der Waals surface area contributed by atoms with E-state index in [1.165, 1.54) is 26.7 Å². The number of aryl methyl sites for hydroxylation is 3. The predicted molar refractivity (Wildman–Crippen MR) is 150 cm³/mol. The smallest absolute Gasteiger partial charge is 0.336 e. The fourth-order valence-electron chi connectivity index (χ4n) is 4.24. The maximum Gasteiger partial charge on any atom is 0.336 e. The van der Waals surface area contributed by atoms with E-state index in [1.807, 2.05) is 24.5 Å². The molecule has 3 heterocycles. The van der Waals surface area contributed by atoms with E-state index in [1.54, 1.807) is 0 Å². The standard InChI is InChI=1S/C22H29N3OS.C6H8O7/c1-15-6-9-22(23-11-15)25-16(2)10-20(19(25)5)13-24(12-17(3)26)14-21-8-7-18(4)27-21;7-3(8)1-6(13,5(11)12)2-4(9)10/h6-11,17,26H,12-14H2,1-5H3;13H,1-2H2,(H,7,8)(H,9,10)(H,11,12). The monoisotopic (exact) mass is 575 g/mol. The van der Waals surface area contributed by atoms with Crippen molar-refractivity contribution in [2.24, 2.45) is 0 Å². The Morgan fingerprint density at radius 2 is 1.62 bits per heavy atom. The van der Waals surface area contributed by atoms with Gasteiger partial charge in [0.25, 0.3) is 0 Å². The lowest BCUT2D eigenvalue weighted by atomic mass is 9.96. The second-order valence-corrected chi connectivity index (χ2v) is 11.3. The second-order valence-electron chi connectivity index (χ2n) is 9.93. The number of thiophene rings is 1. The van der Waals surface area contributed by atoms with Crippen molar-refractivity contribution in [2.75, 3.05) is 6.54 Å². The molecule has 0 radical (unpaired) electrons. The number of aliphatic carboxylic acids is 3. The van der Waals surface area contributed by atoms with Crippen LogP contribution in [-0.2, 0) is 27.5 Å². The van der Waals surface area contributed by atoms with Gasteiger partial charge in [-0.05, 0) is 70.0 Å². The van der Waals surface area contributed by atoms with Crippen molar-refractivity contribution in [3.63, 3.8) is 0 Å². The SMILES string of the molecule is Cc1ccc(-n2c(C)cc(CN(Cc3ccc(C)s3)CC(C)O)c2C)nc1.O=C(O)CC(O)(CC(=O)O)C(=O)O. The maximum absolute atomic E-state index is 10.3. The van der Waals surface area contributed by atoms with Crippen molar-refractivity contribution in [2.45, 2.75) is 72.3 Å². The van der Waals surface area contributed by atoms with Crippen molar-refractivity contribution in [1.29, 1.82) is 0 Å². The average Bonchev–Trinajstić information content (AvgIpc) is 3.34. The fourth-order valence-corrected chi connectivity index (χ4v) is 5.17. The van der Waals surface area contributed by atoms with Gasteiger partial charge in [-0.1, -0.05) is 6.07 Å². The molecule has 0 saturated carbocycles. The quantitative estimate of drug-likeness (QED) is 0.216. The first-order valence-electron chi connectivity index (χ1n) is 12.6. The molecule has 0 spiro atoms. The van der Waals surface area contributed by atoms with Crippen LogP contribution in [0.5, 0.6) is 0 Å². The van der Waals surface area contributed by atoms with Gasteiger partial charge in [0.05, 0.1) is 18.9 Å². The summed E-state index contributed by atoms with van der Waals surface area (Å²) in [4.78, 5) is 40.1. The number of nitrogens with zero attached hydrogens (tertiary/aromatic N) is 3. The van der Waals surface area contributed by atoms with Gasteiger partial charge in [0.1, 0.15) is 5.82 Å². The van der Waals surface area contributed by atoms with Gasteiger partial charge in [-0.15, -0.1) is 11.3 Å². The van der Waals surface area contributed by atoms with Gasteiger partial charge in [-0.2, -0.15) is 0 Å². The molecule has 0 fully saturated rings. The third-order valence-corrected chi connectivity index (χ3v) is 7.02. The number of aliphatic hydroxyl groups excluding tert-OH is 1. The van der Waals surface area contributed by atoms with Crippen LogP contribution in [0.25, 0.3) is 5.82 Å². The Kier molecular flexibility index (Phi) is 11.6. The Balaban J connectivity index is 0.000000366. The Morgan fingerprint density at radius 1 is 1.00 bits per heavy atom. The highest BCUT2D eigenvalue weighted by molar-refractivity contribution is 7.11. The molecule has 1 atom stereocenters. The Labute approximate surface area is 237 Å². The van der Waals surface area contributed by atoms with Gasteiger partial charge in [-0.3, -0.25) is 14.5 Å². The number of rotatable bonds is 12. The summed E-state index contributed by atoms with van der Waals surface area (Å²) in [5, 5.41) is 43.8. The lowest BCUT2D eigenvalue weighted by molar-refractivity contribution is -0.170. The minimum absolute atomic E-state index is 0.353. The molecule has 0 aliphatic rings. The molecule has 12 heteroatoms. The van der Waals surface area contributed by atoms with Gasteiger partial charge >= 0.3 is 17.9 Å². The van der Waals surface area contributed by atoms with Crippen LogP contribution in [0.1, 0.15) is 52.0 Å². The van der Waals surface area contributed by atoms with Crippen LogP contribution < -0.4 is 0 Å². The molecule has 40 heavy (non-hydrogen) atoms. The van der Waals surface area contributed by atoms with Crippen LogP contribution in [0.4, 0.5) is 0 Å². The highest BCUT2D eigenvalue weighted by Crippen LogP contribution is 2.24. The first-order valence-corrected chi connectivity index (χ1v) is 13.4. The lowest BCUT2D eigenvalue weighted by Crippen LogP contribution is -2.42. The third-order valence-electron chi connectivity index (χ3n) is 6.04. The molecule has 218 valence electrons. The van der Waals surface area contributed by atoms with E-state index >= 15 is 0 Å². The summed E-state index contributed by atoms with van der Waals surface area (Å²) in [7, 11) is 0. The van der Waals surface area contributed by atoms with Gasteiger partial charge < -0.3 is 30.1 Å². The van der Waals surface area contributed by atoms with Crippen molar-refractivity contribution >= 4 is 29.2 Å². The summed E-state index contributed by atoms with van der Waals surface area (Å²) in [5.41, 5.74) is 2.10. The van der Waals surface area contributed by atoms with Crippen LogP contribution in [0.3, 0.4) is 0 Å². The number of pyridine rings is 1. The number of carbonyl (C=O) groups is 3. The topological polar surface area (TPSA) is 173 Å². The zero-order valence-corrected chi connectivity index (χ0v) is 24.1. The lowest BCUT2D eigenvalue weighted by Gasteiger charge is -2.23. The molecule has 0 amide bonds. The third kappa shape index (κ3) is 9.56. The molecule has 3 aromatic heterocycles. The summed E-state index contributed by atoms with van der Waals surface area (Å²) in [5.74, 6) is -4.06. The van der Waals surface area contributed by atoms with E-state index in [0.717, 1.165) is 24.5 Å². The number of carboxylic acid groups (broad SMARTS) is 3. The molecule has 5 N–H and O–H groups in total. The van der Waals surface area contributed by atoms with Crippen molar-refractivity contribution in [3.8, 4) is 5.82 Å². The highest BCUT2D eigenvalue weighted by Gasteiger charge is 2.40. The average molecular weight is 576 g/mol. The predicted octanol–water partition coefficient (Wildman–Crippen LogP) is 3.30. The molecule has 1 unspecified atom stereocenters. The summed E-state index contributed by atoms with van der Waals surface area (Å²) in [6.07, 6.45) is -0.732.